The van der Waals surface area contributed by atoms with Crippen LogP contribution in [0.1, 0.15) is 45.2 Å². The third-order valence-electron chi connectivity index (χ3n) is 7.10. The van der Waals surface area contributed by atoms with Crippen LogP contribution in [0.25, 0.3) is 16.6 Å². The van der Waals surface area contributed by atoms with Crippen molar-refractivity contribution in [2.75, 3.05) is 32.6 Å². The number of nitrogens with zero attached hydrogens (tertiary/aromatic N) is 4. The van der Waals surface area contributed by atoms with Crippen LogP contribution in [0.3, 0.4) is 0 Å². The summed E-state index contributed by atoms with van der Waals surface area (Å²) in [4.78, 5) is 20.0. The molecule has 36 heavy (non-hydrogen) atoms. The van der Waals surface area contributed by atoms with Gasteiger partial charge in [0.25, 0.3) is 5.91 Å². The highest BCUT2D eigenvalue weighted by molar-refractivity contribution is 6.06. The maximum atomic E-state index is 12.9. The standard InChI is InChI=1S/C28H30N6O2/c1-17-5-4-6-25-21(14-30-34(17)25)20-7-9-23(27-22(20)13-29-28(27)35)31-26-10-8-19(18-11-12-36-16-18)24(32-26)15-33(2)3/h4-10,14,18H,11-13,15-16H2,1-3H3,(H,29,35)(H,31,32)/t18-/m0/s1. The lowest BCUT2D eigenvalue weighted by molar-refractivity contribution is 0.0966. The lowest BCUT2D eigenvalue weighted by atomic mass is 9.95. The molecule has 8 heteroatoms. The Kier molecular flexibility index (Phi) is 5.70. The molecule has 0 unspecified atom stereocenters. The Morgan fingerprint density at radius 2 is 2.06 bits per heavy atom. The number of hydrogen-bond acceptors (Lipinski definition) is 6. The molecule has 4 aromatic rings. The number of amides is 1. The number of fused-ring (bicyclic) bond motifs is 2. The number of hydrogen-bond donors (Lipinski definition) is 2. The smallest absolute Gasteiger partial charge is 0.254 e. The molecule has 6 rings (SSSR count). The van der Waals surface area contributed by atoms with Crippen molar-refractivity contribution >= 4 is 22.9 Å². The van der Waals surface area contributed by atoms with E-state index in [0.717, 1.165) is 71.3 Å². The number of carbonyl (C=O) groups is 1. The Balaban J connectivity index is 1.38. The average Bonchev–Trinajstić information content (AvgIpc) is 3.60. The Bertz CT molecular complexity index is 1470. The predicted octanol–water partition coefficient (Wildman–Crippen LogP) is 4.26. The maximum Gasteiger partial charge on any atom is 0.254 e. The highest BCUT2D eigenvalue weighted by Gasteiger charge is 2.28. The van der Waals surface area contributed by atoms with Gasteiger partial charge in [0.05, 0.1) is 35.3 Å². The summed E-state index contributed by atoms with van der Waals surface area (Å²) in [6, 6.07) is 14.3. The molecule has 1 saturated heterocycles. The van der Waals surface area contributed by atoms with E-state index in [1.807, 2.05) is 41.9 Å². The molecule has 0 aliphatic carbocycles. The quantitative estimate of drug-likeness (QED) is 0.427. The fourth-order valence-corrected chi connectivity index (χ4v) is 5.36. The number of aryl methyl sites for hydroxylation is 1. The van der Waals surface area contributed by atoms with Crippen molar-refractivity contribution in [3.8, 4) is 11.1 Å². The van der Waals surface area contributed by atoms with E-state index in [4.69, 9.17) is 9.72 Å². The summed E-state index contributed by atoms with van der Waals surface area (Å²) >= 11 is 0. The minimum absolute atomic E-state index is 0.0738. The van der Waals surface area contributed by atoms with Gasteiger partial charge in [-0.2, -0.15) is 5.10 Å². The van der Waals surface area contributed by atoms with Gasteiger partial charge < -0.3 is 20.3 Å². The number of rotatable bonds is 6. The van der Waals surface area contributed by atoms with Gasteiger partial charge in [0.1, 0.15) is 5.82 Å². The summed E-state index contributed by atoms with van der Waals surface area (Å²) in [5, 5.41) is 11.0. The molecular formula is C28H30N6O2. The van der Waals surface area contributed by atoms with Crippen molar-refractivity contribution in [2.45, 2.75) is 32.4 Å². The molecule has 5 heterocycles. The number of benzene rings is 1. The molecule has 184 valence electrons. The van der Waals surface area contributed by atoms with E-state index >= 15 is 0 Å². The Labute approximate surface area is 210 Å². The molecule has 8 nitrogen and oxygen atoms in total. The zero-order chi connectivity index (χ0) is 24.8. The van der Waals surface area contributed by atoms with Crippen LogP contribution in [-0.4, -0.2) is 52.7 Å². The van der Waals surface area contributed by atoms with Crippen molar-refractivity contribution in [1.29, 1.82) is 0 Å². The maximum absolute atomic E-state index is 12.9. The zero-order valence-electron chi connectivity index (χ0n) is 20.8. The van der Waals surface area contributed by atoms with E-state index in [2.05, 4.69) is 52.9 Å². The predicted molar refractivity (Wildman–Crippen MR) is 140 cm³/mol. The first kappa shape index (κ1) is 22.7. The average molecular weight is 483 g/mol. The molecule has 2 N–H and O–H groups in total. The van der Waals surface area contributed by atoms with Gasteiger partial charge in [0.15, 0.2) is 0 Å². The van der Waals surface area contributed by atoms with Gasteiger partial charge >= 0.3 is 0 Å². The number of pyridine rings is 2. The van der Waals surface area contributed by atoms with Gasteiger partial charge in [-0.05, 0) is 68.4 Å². The van der Waals surface area contributed by atoms with Gasteiger partial charge in [-0.3, -0.25) is 4.79 Å². The molecule has 1 aromatic carbocycles. The molecular weight excluding hydrogens is 452 g/mol. The van der Waals surface area contributed by atoms with Gasteiger partial charge in [0.2, 0.25) is 0 Å². The fourth-order valence-electron chi connectivity index (χ4n) is 5.36. The van der Waals surface area contributed by atoms with Crippen LogP contribution >= 0.6 is 0 Å². The minimum atomic E-state index is -0.0738. The van der Waals surface area contributed by atoms with Gasteiger partial charge in [-0.15, -0.1) is 0 Å². The lowest BCUT2D eigenvalue weighted by Gasteiger charge is -2.19. The molecule has 1 fully saturated rings. The Morgan fingerprint density at radius 1 is 1.17 bits per heavy atom. The molecule has 3 aromatic heterocycles. The van der Waals surface area contributed by atoms with Crippen LogP contribution < -0.4 is 10.6 Å². The second-order valence-electron chi connectivity index (χ2n) is 9.88. The van der Waals surface area contributed by atoms with Crippen LogP contribution in [0, 0.1) is 6.92 Å². The normalized spacial score (nSPS) is 17.1. The highest BCUT2D eigenvalue weighted by Crippen LogP contribution is 2.37. The number of carbonyl (C=O) groups excluding carboxylic acids is 1. The van der Waals surface area contributed by atoms with E-state index < -0.39 is 0 Å². The Morgan fingerprint density at radius 3 is 2.86 bits per heavy atom. The number of ether oxygens (including phenoxy) is 1. The number of anilines is 2. The van der Waals surface area contributed by atoms with Crippen LogP contribution in [0.2, 0.25) is 0 Å². The largest absolute Gasteiger partial charge is 0.381 e. The third kappa shape index (κ3) is 3.92. The molecule has 0 radical (unpaired) electrons. The van der Waals surface area contributed by atoms with Gasteiger partial charge in [-0.1, -0.05) is 18.2 Å². The van der Waals surface area contributed by atoms with Crippen LogP contribution in [0.15, 0.2) is 48.7 Å². The SMILES string of the molecule is Cc1cccc2c(-c3ccc(Nc4ccc([C@H]5CCOC5)c(CN(C)C)n4)c4c3CNC4=O)cnn12. The molecule has 1 atom stereocenters. The van der Waals surface area contributed by atoms with Crippen molar-refractivity contribution in [3.05, 3.63) is 76.7 Å². The van der Waals surface area contributed by atoms with Crippen LogP contribution in [0.4, 0.5) is 11.5 Å². The summed E-state index contributed by atoms with van der Waals surface area (Å²) in [7, 11) is 4.10. The Hall–Kier alpha value is -3.75. The molecule has 0 bridgehead atoms. The number of nitrogens with one attached hydrogen (secondary N) is 2. The molecule has 2 aliphatic heterocycles. The van der Waals surface area contributed by atoms with E-state index in [0.29, 0.717) is 18.0 Å². The van der Waals surface area contributed by atoms with E-state index in [1.165, 1.54) is 5.56 Å². The first-order chi connectivity index (χ1) is 17.5. The monoisotopic (exact) mass is 482 g/mol. The van der Waals surface area contributed by atoms with Crippen molar-refractivity contribution in [2.24, 2.45) is 0 Å². The number of aromatic nitrogens is 3. The van der Waals surface area contributed by atoms with Gasteiger partial charge in [-0.25, -0.2) is 9.50 Å². The molecule has 0 spiro atoms. The highest BCUT2D eigenvalue weighted by atomic mass is 16.5. The summed E-state index contributed by atoms with van der Waals surface area (Å²) in [6.07, 6.45) is 2.90. The zero-order valence-corrected chi connectivity index (χ0v) is 20.8. The topological polar surface area (TPSA) is 83.8 Å². The first-order valence-electron chi connectivity index (χ1n) is 12.4. The second kappa shape index (κ2) is 9.04. The second-order valence-corrected chi connectivity index (χ2v) is 9.88. The van der Waals surface area contributed by atoms with Crippen LogP contribution in [-0.2, 0) is 17.8 Å². The van der Waals surface area contributed by atoms with E-state index in [-0.39, 0.29) is 5.91 Å². The molecule has 0 saturated carbocycles. The minimum Gasteiger partial charge on any atom is -0.381 e. The van der Waals surface area contributed by atoms with E-state index in [1.54, 1.807) is 0 Å². The van der Waals surface area contributed by atoms with Crippen molar-refractivity contribution < 1.29 is 9.53 Å². The van der Waals surface area contributed by atoms with Crippen LogP contribution in [0.5, 0.6) is 0 Å². The summed E-state index contributed by atoms with van der Waals surface area (Å²) in [5.41, 5.74) is 8.83. The molecule has 1 amide bonds. The third-order valence-corrected chi connectivity index (χ3v) is 7.10. The summed E-state index contributed by atoms with van der Waals surface area (Å²) in [6.45, 7) is 4.81. The van der Waals surface area contributed by atoms with Crippen molar-refractivity contribution in [1.82, 2.24) is 24.8 Å². The lowest BCUT2D eigenvalue weighted by Crippen LogP contribution is -2.16. The summed E-state index contributed by atoms with van der Waals surface area (Å²) in [5.74, 6) is 1.04. The van der Waals surface area contributed by atoms with Gasteiger partial charge in [0, 0.05) is 36.9 Å². The summed E-state index contributed by atoms with van der Waals surface area (Å²) < 4.78 is 7.56. The van der Waals surface area contributed by atoms with E-state index in [9.17, 15) is 4.79 Å². The first-order valence-corrected chi connectivity index (χ1v) is 12.4. The fraction of sp³-hybridized carbons (Fsp3) is 0.321. The van der Waals surface area contributed by atoms with Crippen molar-refractivity contribution in [3.63, 3.8) is 0 Å². The molecule has 2 aliphatic rings.